The molecule has 1 heterocycles. The number of hydrogen-bond acceptors (Lipinski definition) is 3. The molecule has 1 aliphatic heterocycles. The summed E-state index contributed by atoms with van der Waals surface area (Å²) in [5, 5.41) is 3.72. The highest BCUT2D eigenvalue weighted by Gasteiger charge is 2.61. The first kappa shape index (κ1) is 17.7. The van der Waals surface area contributed by atoms with Crippen LogP contribution in [0.3, 0.4) is 0 Å². The third kappa shape index (κ3) is 2.51. The van der Waals surface area contributed by atoms with Crippen molar-refractivity contribution in [3.8, 4) is 5.75 Å². The van der Waals surface area contributed by atoms with E-state index in [1.54, 1.807) is 18.2 Å². The predicted octanol–water partition coefficient (Wildman–Crippen LogP) is 3.40. The molecule has 2 bridgehead atoms. The molecular formula is C20H25ClN2O3. The molecule has 26 heavy (non-hydrogen) atoms. The molecule has 2 fully saturated rings. The summed E-state index contributed by atoms with van der Waals surface area (Å²) in [6, 6.07) is 5.28. The lowest BCUT2D eigenvalue weighted by molar-refractivity contribution is -0.126. The molecule has 140 valence electrons. The van der Waals surface area contributed by atoms with E-state index in [1.807, 2.05) is 0 Å². The van der Waals surface area contributed by atoms with E-state index in [4.69, 9.17) is 16.3 Å². The zero-order chi connectivity index (χ0) is 18.7. The lowest BCUT2D eigenvalue weighted by atomic mass is 9.69. The van der Waals surface area contributed by atoms with Crippen molar-refractivity contribution in [2.75, 3.05) is 18.1 Å². The van der Waals surface area contributed by atoms with E-state index in [2.05, 4.69) is 26.1 Å². The van der Waals surface area contributed by atoms with E-state index in [1.165, 1.54) is 11.3 Å². The lowest BCUT2D eigenvalue weighted by Gasteiger charge is -2.39. The number of anilines is 1. The van der Waals surface area contributed by atoms with E-state index in [0.717, 1.165) is 12.8 Å². The fourth-order valence-electron chi connectivity index (χ4n) is 5.15. The first-order valence-electron chi connectivity index (χ1n) is 9.24. The molecule has 4 rings (SSSR count). The molecule has 0 radical (unpaired) electrons. The van der Waals surface area contributed by atoms with E-state index < -0.39 is 0 Å². The van der Waals surface area contributed by atoms with Crippen LogP contribution >= 0.6 is 11.6 Å². The molecule has 2 amide bonds. The smallest absolute Gasteiger partial charge is 0.265 e. The van der Waals surface area contributed by atoms with Gasteiger partial charge in [0, 0.05) is 11.1 Å². The Morgan fingerprint density at radius 2 is 2.15 bits per heavy atom. The van der Waals surface area contributed by atoms with Gasteiger partial charge in [0.25, 0.3) is 5.91 Å². The van der Waals surface area contributed by atoms with Gasteiger partial charge in [-0.25, -0.2) is 0 Å². The second kappa shape index (κ2) is 5.88. The van der Waals surface area contributed by atoms with Crippen molar-refractivity contribution < 1.29 is 14.3 Å². The maximum absolute atomic E-state index is 12.8. The Bertz CT molecular complexity index is 778. The van der Waals surface area contributed by atoms with Crippen LogP contribution < -0.4 is 15.0 Å². The van der Waals surface area contributed by atoms with Crippen molar-refractivity contribution in [1.29, 1.82) is 0 Å². The number of ether oxygens (including phenoxy) is 1. The summed E-state index contributed by atoms with van der Waals surface area (Å²) in [4.78, 5) is 26.5. The van der Waals surface area contributed by atoms with E-state index in [-0.39, 0.29) is 41.8 Å². The summed E-state index contributed by atoms with van der Waals surface area (Å²) in [5.74, 6) is 0.882. The summed E-state index contributed by atoms with van der Waals surface area (Å²) in [6.07, 6.45) is 3.41. The number of rotatable bonds is 3. The van der Waals surface area contributed by atoms with Crippen LogP contribution in [0.1, 0.15) is 40.0 Å². The SMILES string of the molecule is CC1(C)[C@H]2CC[C@@]1(C)[C@@H](NC(=O)CN1C(=O)COc3ccc(Cl)cc31)C2. The Kier molecular flexibility index (Phi) is 3.99. The Balaban J connectivity index is 1.50. The Hall–Kier alpha value is -1.75. The topological polar surface area (TPSA) is 58.6 Å². The third-order valence-electron chi connectivity index (χ3n) is 7.29. The molecule has 3 aliphatic rings. The molecular weight excluding hydrogens is 352 g/mol. The highest BCUT2D eigenvalue weighted by atomic mass is 35.5. The molecule has 2 saturated carbocycles. The van der Waals surface area contributed by atoms with Crippen molar-refractivity contribution in [3.63, 3.8) is 0 Å². The molecule has 0 spiro atoms. The van der Waals surface area contributed by atoms with Gasteiger partial charge < -0.3 is 10.1 Å². The average Bonchev–Trinajstić information content (AvgIpc) is 2.91. The van der Waals surface area contributed by atoms with Crippen LogP contribution in [0.5, 0.6) is 5.75 Å². The van der Waals surface area contributed by atoms with E-state index in [9.17, 15) is 9.59 Å². The maximum Gasteiger partial charge on any atom is 0.265 e. The highest BCUT2D eigenvalue weighted by molar-refractivity contribution is 6.31. The normalized spacial score (nSPS) is 31.5. The molecule has 1 N–H and O–H groups in total. The summed E-state index contributed by atoms with van der Waals surface area (Å²) < 4.78 is 5.44. The number of carbonyl (C=O) groups excluding carboxylic acids is 2. The van der Waals surface area contributed by atoms with Gasteiger partial charge in [-0.05, 0) is 54.2 Å². The zero-order valence-corrected chi connectivity index (χ0v) is 16.2. The molecule has 0 unspecified atom stereocenters. The number of nitrogens with one attached hydrogen (secondary N) is 1. The van der Waals surface area contributed by atoms with Crippen LogP contribution in [-0.4, -0.2) is 31.0 Å². The van der Waals surface area contributed by atoms with Gasteiger partial charge >= 0.3 is 0 Å². The summed E-state index contributed by atoms with van der Waals surface area (Å²) in [5.41, 5.74) is 0.909. The van der Waals surface area contributed by atoms with Crippen molar-refractivity contribution >= 4 is 29.1 Å². The molecule has 1 aromatic rings. The highest BCUT2D eigenvalue weighted by Crippen LogP contribution is 2.65. The van der Waals surface area contributed by atoms with Gasteiger partial charge in [0.15, 0.2) is 6.61 Å². The number of benzene rings is 1. The molecule has 6 heteroatoms. The summed E-state index contributed by atoms with van der Waals surface area (Å²) in [6.45, 7) is 6.87. The zero-order valence-electron chi connectivity index (χ0n) is 15.5. The minimum absolute atomic E-state index is 0.00674. The van der Waals surface area contributed by atoms with Crippen LogP contribution in [0.15, 0.2) is 18.2 Å². The van der Waals surface area contributed by atoms with Crippen LogP contribution in [0.25, 0.3) is 0 Å². The largest absolute Gasteiger partial charge is 0.482 e. The predicted molar refractivity (Wildman–Crippen MR) is 100 cm³/mol. The molecule has 0 saturated heterocycles. The second-order valence-electron chi connectivity index (χ2n) is 8.61. The quantitative estimate of drug-likeness (QED) is 0.879. The third-order valence-corrected chi connectivity index (χ3v) is 7.53. The van der Waals surface area contributed by atoms with Gasteiger partial charge in [0.2, 0.25) is 5.91 Å². The Morgan fingerprint density at radius 3 is 2.81 bits per heavy atom. The van der Waals surface area contributed by atoms with Gasteiger partial charge in [-0.15, -0.1) is 0 Å². The molecule has 5 nitrogen and oxygen atoms in total. The standard InChI is InChI=1S/C20H25ClN2O3/c1-19(2)12-6-7-20(19,3)16(8-12)22-17(24)10-23-14-9-13(21)4-5-15(14)26-11-18(23)25/h4-5,9,12,16H,6-8,10-11H2,1-3H3,(H,22,24)/t12-,16-,20-/m0/s1. The minimum Gasteiger partial charge on any atom is -0.482 e. The van der Waals surface area contributed by atoms with Crippen molar-refractivity contribution in [1.82, 2.24) is 5.32 Å². The number of carbonyl (C=O) groups is 2. The number of hydrogen-bond donors (Lipinski definition) is 1. The van der Waals surface area contributed by atoms with Crippen molar-refractivity contribution in [2.24, 2.45) is 16.7 Å². The average molecular weight is 377 g/mol. The van der Waals surface area contributed by atoms with Crippen LogP contribution in [-0.2, 0) is 9.59 Å². The van der Waals surface area contributed by atoms with Gasteiger partial charge in [0.05, 0.1) is 5.69 Å². The van der Waals surface area contributed by atoms with Gasteiger partial charge in [-0.1, -0.05) is 32.4 Å². The number of halogens is 1. The van der Waals surface area contributed by atoms with Crippen LogP contribution in [0, 0.1) is 16.7 Å². The summed E-state index contributed by atoms with van der Waals surface area (Å²) in [7, 11) is 0. The van der Waals surface area contributed by atoms with E-state index in [0.29, 0.717) is 22.4 Å². The van der Waals surface area contributed by atoms with Gasteiger partial charge in [0.1, 0.15) is 12.3 Å². The summed E-state index contributed by atoms with van der Waals surface area (Å²) >= 11 is 6.06. The molecule has 0 aromatic heterocycles. The van der Waals surface area contributed by atoms with E-state index >= 15 is 0 Å². The van der Waals surface area contributed by atoms with Crippen LogP contribution in [0.4, 0.5) is 5.69 Å². The fourth-order valence-corrected chi connectivity index (χ4v) is 5.32. The Morgan fingerprint density at radius 1 is 1.38 bits per heavy atom. The van der Waals surface area contributed by atoms with Gasteiger partial charge in [-0.3, -0.25) is 14.5 Å². The second-order valence-corrected chi connectivity index (χ2v) is 9.05. The molecule has 2 aliphatic carbocycles. The molecule has 1 aromatic carbocycles. The first-order chi connectivity index (χ1) is 12.2. The first-order valence-corrected chi connectivity index (χ1v) is 9.62. The van der Waals surface area contributed by atoms with Crippen molar-refractivity contribution in [2.45, 2.75) is 46.1 Å². The van der Waals surface area contributed by atoms with Crippen molar-refractivity contribution in [3.05, 3.63) is 23.2 Å². The minimum atomic E-state index is -0.227. The monoisotopic (exact) mass is 376 g/mol. The Labute approximate surface area is 159 Å². The molecule has 3 atom stereocenters. The number of fused-ring (bicyclic) bond motifs is 3. The lowest BCUT2D eigenvalue weighted by Crippen LogP contribution is -2.51. The maximum atomic E-state index is 12.8. The number of amides is 2. The number of nitrogens with zero attached hydrogens (tertiary/aromatic N) is 1. The van der Waals surface area contributed by atoms with Crippen LogP contribution in [0.2, 0.25) is 5.02 Å². The van der Waals surface area contributed by atoms with Gasteiger partial charge in [-0.2, -0.15) is 0 Å². The fraction of sp³-hybridized carbons (Fsp3) is 0.600.